The van der Waals surface area contributed by atoms with Crippen LogP contribution in [0.5, 0.6) is 5.88 Å². The van der Waals surface area contributed by atoms with E-state index in [4.69, 9.17) is 4.74 Å². The third-order valence-corrected chi connectivity index (χ3v) is 4.31. The predicted octanol–water partition coefficient (Wildman–Crippen LogP) is 4.17. The molecule has 4 heterocycles. The molecule has 0 unspecified atom stereocenters. The van der Waals surface area contributed by atoms with E-state index in [0.717, 1.165) is 5.56 Å². The number of fused-ring (bicyclic) bond motifs is 1. The van der Waals surface area contributed by atoms with Crippen LogP contribution < -0.4 is 10.1 Å². The van der Waals surface area contributed by atoms with Gasteiger partial charge in [-0.1, -0.05) is 0 Å². The first-order chi connectivity index (χ1) is 14.0. The number of nitrogens with zero attached hydrogens (tertiary/aromatic N) is 3. The summed E-state index contributed by atoms with van der Waals surface area (Å²) in [5.74, 6) is -0.542. The number of nitrogens with one attached hydrogen (secondary N) is 2. The molecule has 4 aromatic rings. The molecule has 0 fully saturated rings. The van der Waals surface area contributed by atoms with E-state index in [0.29, 0.717) is 34.8 Å². The summed E-state index contributed by atoms with van der Waals surface area (Å²) >= 11 is 0. The van der Waals surface area contributed by atoms with Crippen molar-refractivity contribution < 1.29 is 13.9 Å². The van der Waals surface area contributed by atoms with Crippen molar-refractivity contribution in [3.05, 3.63) is 71.6 Å². The van der Waals surface area contributed by atoms with Crippen LogP contribution in [0.1, 0.15) is 28.4 Å². The minimum Gasteiger partial charge on any atom is -0.478 e. The SMILES string of the molecule is CCOc1ccc(Nc2ccc(C(=O)c3c[nH]c4ncc(C)cc34)c(F)n2)cn1. The van der Waals surface area contributed by atoms with Crippen LogP contribution >= 0.6 is 0 Å². The molecule has 0 aromatic carbocycles. The first-order valence-electron chi connectivity index (χ1n) is 9.06. The zero-order chi connectivity index (χ0) is 20.4. The highest BCUT2D eigenvalue weighted by atomic mass is 19.1. The molecule has 7 nitrogen and oxygen atoms in total. The number of ketones is 1. The number of aromatic nitrogens is 4. The molecule has 4 aromatic heterocycles. The Kier molecular flexibility index (Phi) is 4.90. The number of aryl methyl sites for hydroxylation is 1. The monoisotopic (exact) mass is 391 g/mol. The van der Waals surface area contributed by atoms with E-state index < -0.39 is 11.7 Å². The summed E-state index contributed by atoms with van der Waals surface area (Å²) in [7, 11) is 0. The molecule has 0 aliphatic rings. The van der Waals surface area contributed by atoms with Crippen LogP contribution in [0, 0.1) is 12.9 Å². The van der Waals surface area contributed by atoms with Gasteiger partial charge in [-0.25, -0.2) is 15.0 Å². The van der Waals surface area contributed by atoms with E-state index >= 15 is 0 Å². The third-order valence-electron chi connectivity index (χ3n) is 4.31. The number of pyridine rings is 3. The van der Waals surface area contributed by atoms with Crippen LogP contribution in [-0.2, 0) is 0 Å². The number of hydrogen-bond donors (Lipinski definition) is 2. The summed E-state index contributed by atoms with van der Waals surface area (Å²) in [6, 6.07) is 8.25. The van der Waals surface area contributed by atoms with Crippen molar-refractivity contribution in [2.75, 3.05) is 11.9 Å². The molecule has 0 saturated heterocycles. The predicted molar refractivity (Wildman–Crippen MR) is 107 cm³/mol. The summed E-state index contributed by atoms with van der Waals surface area (Å²) in [6.45, 7) is 4.28. The average Bonchev–Trinajstić information content (AvgIpc) is 3.12. The van der Waals surface area contributed by atoms with Gasteiger partial charge in [0.2, 0.25) is 11.8 Å². The van der Waals surface area contributed by atoms with Crippen molar-refractivity contribution in [3.8, 4) is 5.88 Å². The van der Waals surface area contributed by atoms with Gasteiger partial charge in [-0.15, -0.1) is 0 Å². The third kappa shape index (κ3) is 3.77. The number of H-pyrrole nitrogens is 1. The van der Waals surface area contributed by atoms with E-state index in [-0.39, 0.29) is 11.4 Å². The molecule has 0 aliphatic carbocycles. The maximum Gasteiger partial charge on any atom is 0.226 e. The van der Waals surface area contributed by atoms with Gasteiger partial charge in [0.25, 0.3) is 0 Å². The molecule has 0 atom stereocenters. The number of ether oxygens (including phenoxy) is 1. The summed E-state index contributed by atoms with van der Waals surface area (Å²) in [6.07, 6.45) is 4.80. The Morgan fingerprint density at radius 2 is 2.03 bits per heavy atom. The van der Waals surface area contributed by atoms with Gasteiger partial charge in [0, 0.05) is 29.4 Å². The maximum atomic E-state index is 14.6. The standard InChI is InChI=1S/C21H18FN5O2/c1-3-29-18-7-4-13(10-23-18)26-17-6-5-14(20(22)27-17)19(28)16-11-25-21-15(16)8-12(2)9-24-21/h4-11H,3H2,1-2H3,(H,24,25)(H,26,27). The molecule has 0 bridgehead atoms. The first kappa shape index (κ1) is 18.5. The topological polar surface area (TPSA) is 92.8 Å². The van der Waals surface area contributed by atoms with E-state index in [1.807, 2.05) is 19.9 Å². The Balaban J connectivity index is 1.58. The number of anilines is 2. The fourth-order valence-electron chi connectivity index (χ4n) is 2.95. The van der Waals surface area contributed by atoms with Gasteiger partial charge in [0.1, 0.15) is 11.5 Å². The Labute approximate surface area is 166 Å². The Morgan fingerprint density at radius 3 is 2.76 bits per heavy atom. The first-order valence-corrected chi connectivity index (χ1v) is 9.06. The highest BCUT2D eigenvalue weighted by molar-refractivity contribution is 6.16. The lowest BCUT2D eigenvalue weighted by molar-refractivity contribution is 0.103. The minimum absolute atomic E-state index is 0.109. The fourth-order valence-corrected chi connectivity index (χ4v) is 2.95. The smallest absolute Gasteiger partial charge is 0.226 e. The van der Waals surface area contributed by atoms with Gasteiger partial charge in [0.05, 0.1) is 24.1 Å². The number of carbonyl (C=O) groups excluding carboxylic acids is 1. The molecule has 146 valence electrons. The van der Waals surface area contributed by atoms with Crippen molar-refractivity contribution in [1.82, 2.24) is 19.9 Å². The maximum absolute atomic E-state index is 14.6. The van der Waals surface area contributed by atoms with Crippen molar-refractivity contribution in [2.24, 2.45) is 0 Å². The van der Waals surface area contributed by atoms with Crippen LogP contribution in [0.15, 0.2) is 48.9 Å². The molecule has 8 heteroatoms. The number of hydrogen-bond acceptors (Lipinski definition) is 6. The lowest BCUT2D eigenvalue weighted by Crippen LogP contribution is -2.07. The van der Waals surface area contributed by atoms with Gasteiger partial charge in [-0.05, 0) is 43.7 Å². The quantitative estimate of drug-likeness (QED) is 0.378. The van der Waals surface area contributed by atoms with Crippen molar-refractivity contribution in [3.63, 3.8) is 0 Å². The Bertz CT molecular complexity index is 1190. The van der Waals surface area contributed by atoms with Crippen molar-refractivity contribution >= 4 is 28.3 Å². The average molecular weight is 391 g/mol. The van der Waals surface area contributed by atoms with E-state index in [1.54, 1.807) is 30.6 Å². The summed E-state index contributed by atoms with van der Waals surface area (Å²) < 4.78 is 19.9. The molecule has 2 N–H and O–H groups in total. The van der Waals surface area contributed by atoms with Gasteiger partial charge in [0.15, 0.2) is 5.78 Å². The molecule has 0 spiro atoms. The zero-order valence-corrected chi connectivity index (χ0v) is 15.9. The Morgan fingerprint density at radius 1 is 1.17 bits per heavy atom. The highest BCUT2D eigenvalue weighted by Gasteiger charge is 2.19. The number of carbonyl (C=O) groups is 1. The molecule has 29 heavy (non-hydrogen) atoms. The summed E-state index contributed by atoms with van der Waals surface area (Å²) in [5.41, 5.74) is 2.36. The van der Waals surface area contributed by atoms with Crippen LogP contribution in [-0.4, -0.2) is 32.3 Å². The van der Waals surface area contributed by atoms with Crippen molar-refractivity contribution in [1.29, 1.82) is 0 Å². The number of rotatable bonds is 6. The lowest BCUT2D eigenvalue weighted by Gasteiger charge is -2.08. The minimum atomic E-state index is -0.853. The number of aromatic amines is 1. The molecule has 0 aliphatic heterocycles. The lowest BCUT2D eigenvalue weighted by atomic mass is 10.0. The summed E-state index contributed by atoms with van der Waals surface area (Å²) in [5, 5.41) is 3.61. The fraction of sp³-hybridized carbons (Fsp3) is 0.143. The second kappa shape index (κ2) is 7.67. The molecular formula is C21H18FN5O2. The largest absolute Gasteiger partial charge is 0.478 e. The molecule has 0 amide bonds. The molecule has 0 saturated carbocycles. The number of halogens is 1. The van der Waals surface area contributed by atoms with E-state index in [2.05, 4.69) is 25.3 Å². The van der Waals surface area contributed by atoms with Gasteiger partial charge in [-0.2, -0.15) is 4.39 Å². The normalized spacial score (nSPS) is 10.9. The van der Waals surface area contributed by atoms with E-state index in [1.165, 1.54) is 12.3 Å². The van der Waals surface area contributed by atoms with Gasteiger partial charge in [-0.3, -0.25) is 4.79 Å². The second-order valence-corrected chi connectivity index (χ2v) is 6.42. The van der Waals surface area contributed by atoms with Gasteiger partial charge < -0.3 is 15.0 Å². The highest BCUT2D eigenvalue weighted by Crippen LogP contribution is 2.23. The zero-order valence-electron chi connectivity index (χ0n) is 15.9. The van der Waals surface area contributed by atoms with Gasteiger partial charge >= 0.3 is 0 Å². The Hall–Kier alpha value is -3.81. The molecule has 4 rings (SSSR count). The second-order valence-electron chi connectivity index (χ2n) is 6.42. The van der Waals surface area contributed by atoms with E-state index in [9.17, 15) is 9.18 Å². The molecule has 0 radical (unpaired) electrons. The van der Waals surface area contributed by atoms with Crippen LogP contribution in [0.2, 0.25) is 0 Å². The van der Waals surface area contributed by atoms with Crippen LogP contribution in [0.25, 0.3) is 11.0 Å². The van der Waals surface area contributed by atoms with Crippen molar-refractivity contribution in [2.45, 2.75) is 13.8 Å². The van der Waals surface area contributed by atoms with Crippen LogP contribution in [0.4, 0.5) is 15.9 Å². The van der Waals surface area contributed by atoms with Crippen LogP contribution in [0.3, 0.4) is 0 Å². The molecular weight excluding hydrogens is 373 g/mol. The summed E-state index contributed by atoms with van der Waals surface area (Å²) in [4.78, 5) is 28.0.